The first-order valence-corrected chi connectivity index (χ1v) is 13.5. The molecule has 1 saturated heterocycles. The average Bonchev–Trinajstić information content (AvgIpc) is 3.38. The Morgan fingerprint density at radius 2 is 1.74 bits per heavy atom. The Balaban J connectivity index is 1.32. The van der Waals surface area contributed by atoms with E-state index < -0.39 is 0 Å². The van der Waals surface area contributed by atoms with Gasteiger partial charge in [-0.05, 0) is 30.5 Å². The normalized spacial score (nSPS) is 15.2. The number of aryl methyl sites for hydroxylation is 1. The first-order valence-electron chi connectivity index (χ1n) is 13.5. The number of urea groups is 1. The lowest BCUT2D eigenvalue weighted by Crippen LogP contribution is -2.64. The Labute approximate surface area is 230 Å². The molecular weight excluding hydrogens is 490 g/mol. The van der Waals surface area contributed by atoms with Crippen molar-refractivity contribution in [2.45, 2.75) is 33.1 Å². The summed E-state index contributed by atoms with van der Waals surface area (Å²) < 4.78 is 13.9. The van der Waals surface area contributed by atoms with Crippen molar-refractivity contribution in [3.63, 3.8) is 0 Å². The Hall–Kier alpha value is -3.88. The second-order valence-electron chi connectivity index (χ2n) is 11.2. The third-order valence-electron chi connectivity index (χ3n) is 7.34. The van der Waals surface area contributed by atoms with Crippen molar-refractivity contribution >= 4 is 22.6 Å². The number of nitrogens with zero attached hydrogens (tertiary/aromatic N) is 3. The van der Waals surface area contributed by atoms with Gasteiger partial charge in [-0.15, -0.1) is 0 Å². The quantitative estimate of drug-likeness (QED) is 0.241. The summed E-state index contributed by atoms with van der Waals surface area (Å²) in [5.41, 5.74) is 9.04. The first kappa shape index (κ1) is 26.7. The third-order valence-corrected chi connectivity index (χ3v) is 7.34. The highest BCUT2D eigenvalue weighted by atomic mass is 16.5. The molecule has 0 atom stereocenters. The summed E-state index contributed by atoms with van der Waals surface area (Å²) in [7, 11) is 0. The van der Waals surface area contributed by atoms with Gasteiger partial charge in [0, 0.05) is 16.9 Å². The lowest BCUT2D eigenvalue weighted by molar-refractivity contribution is -0.859. The summed E-state index contributed by atoms with van der Waals surface area (Å²) in [6.07, 6.45) is 0. The number of morpholine rings is 1. The van der Waals surface area contributed by atoms with Crippen molar-refractivity contribution < 1.29 is 18.8 Å². The van der Waals surface area contributed by atoms with E-state index in [-0.39, 0.29) is 15.9 Å². The molecule has 0 bridgehead atoms. The highest BCUT2D eigenvalue weighted by Gasteiger charge is 2.39. The fraction of sp³-hybridized carbons (Fsp3) is 0.355. The number of quaternary nitrogens is 1. The molecule has 8 nitrogen and oxygen atoms in total. The monoisotopic (exact) mass is 528 g/mol. The molecule has 1 aliphatic rings. The molecule has 2 heterocycles. The number of carbonyl (C=O) groups is 1. The fourth-order valence-electron chi connectivity index (χ4n) is 4.83. The maximum atomic E-state index is 13.7. The minimum atomic E-state index is -0.146. The van der Waals surface area contributed by atoms with Gasteiger partial charge < -0.3 is 9.47 Å². The SMILES string of the molecule is Cc1ccc(-n2nc(C(C)(C)C)cc2NNC(=O)[N+]2(CCOc3cccc4ccccc34)CCOCC2)cc1. The summed E-state index contributed by atoms with van der Waals surface area (Å²) in [5.74, 6) is 1.53. The van der Waals surface area contributed by atoms with Crippen molar-refractivity contribution in [3.8, 4) is 11.4 Å². The zero-order valence-corrected chi connectivity index (χ0v) is 23.2. The highest BCUT2D eigenvalue weighted by Crippen LogP contribution is 2.27. The molecule has 5 rings (SSSR count). The molecule has 2 amide bonds. The van der Waals surface area contributed by atoms with Crippen LogP contribution < -0.4 is 15.6 Å². The summed E-state index contributed by atoms with van der Waals surface area (Å²) in [5, 5.41) is 7.05. The van der Waals surface area contributed by atoms with E-state index in [4.69, 9.17) is 14.6 Å². The number of anilines is 1. The van der Waals surface area contributed by atoms with Gasteiger partial charge in [0.2, 0.25) is 0 Å². The molecule has 0 saturated carbocycles. The zero-order chi connectivity index (χ0) is 27.5. The smallest absolute Gasteiger partial charge is 0.435 e. The Morgan fingerprint density at radius 3 is 2.49 bits per heavy atom. The van der Waals surface area contributed by atoms with Gasteiger partial charge in [0.05, 0.1) is 24.6 Å². The lowest BCUT2D eigenvalue weighted by Gasteiger charge is -2.38. The van der Waals surface area contributed by atoms with Gasteiger partial charge in [-0.2, -0.15) is 5.10 Å². The Bertz CT molecular complexity index is 1430. The zero-order valence-electron chi connectivity index (χ0n) is 23.2. The molecule has 0 unspecified atom stereocenters. The summed E-state index contributed by atoms with van der Waals surface area (Å²) in [6, 6.07) is 24.3. The number of hydrogen-bond donors (Lipinski definition) is 2. The molecule has 3 aromatic carbocycles. The van der Waals surface area contributed by atoms with Gasteiger partial charge in [0.1, 0.15) is 37.8 Å². The van der Waals surface area contributed by atoms with E-state index in [1.54, 1.807) is 0 Å². The van der Waals surface area contributed by atoms with Crippen LogP contribution in [-0.2, 0) is 10.2 Å². The molecule has 8 heteroatoms. The molecule has 0 aliphatic carbocycles. The van der Waals surface area contributed by atoms with Crippen molar-refractivity contribution in [2.75, 3.05) is 44.9 Å². The lowest BCUT2D eigenvalue weighted by atomic mass is 9.92. The van der Waals surface area contributed by atoms with Crippen LogP contribution >= 0.6 is 0 Å². The summed E-state index contributed by atoms with van der Waals surface area (Å²) >= 11 is 0. The van der Waals surface area contributed by atoms with Gasteiger partial charge in [-0.1, -0.05) is 74.9 Å². The molecule has 204 valence electrons. The highest BCUT2D eigenvalue weighted by molar-refractivity contribution is 5.88. The molecule has 39 heavy (non-hydrogen) atoms. The number of amides is 2. The van der Waals surface area contributed by atoms with Crippen LogP contribution in [0.1, 0.15) is 32.0 Å². The van der Waals surface area contributed by atoms with E-state index in [0.29, 0.717) is 45.3 Å². The first-order chi connectivity index (χ1) is 18.7. The van der Waals surface area contributed by atoms with Gasteiger partial charge in [-0.3, -0.25) is 5.43 Å². The standard InChI is InChI=1S/C31H37N5O3/c1-23-12-14-25(15-13-23)35-29(22-28(34-35)31(2,3)4)32-33-30(37)36(16-19-38-20-17-36)18-21-39-27-11-7-9-24-8-5-6-10-26(24)27/h5-15,22H,16-21H2,1-4H3,(H-,32,33,34,37)/p+1. The maximum Gasteiger partial charge on any atom is 0.435 e. The predicted octanol–water partition coefficient (Wildman–Crippen LogP) is 5.59. The van der Waals surface area contributed by atoms with E-state index in [1.165, 1.54) is 5.56 Å². The van der Waals surface area contributed by atoms with Crippen LogP contribution in [-0.4, -0.2) is 59.7 Å². The van der Waals surface area contributed by atoms with Crippen LogP contribution in [0.4, 0.5) is 10.6 Å². The topological polar surface area (TPSA) is 77.4 Å². The van der Waals surface area contributed by atoms with Crippen LogP contribution in [0.15, 0.2) is 72.8 Å². The number of fused-ring (bicyclic) bond motifs is 1. The van der Waals surface area contributed by atoms with Crippen molar-refractivity contribution in [2.24, 2.45) is 0 Å². The summed E-state index contributed by atoms with van der Waals surface area (Å²) in [4.78, 5) is 13.7. The van der Waals surface area contributed by atoms with Gasteiger partial charge in [0.25, 0.3) is 0 Å². The third kappa shape index (κ3) is 5.92. The molecule has 0 spiro atoms. The van der Waals surface area contributed by atoms with Crippen LogP contribution in [0.2, 0.25) is 0 Å². The number of ether oxygens (including phenoxy) is 2. The van der Waals surface area contributed by atoms with Crippen LogP contribution in [0.5, 0.6) is 5.75 Å². The number of rotatable bonds is 7. The van der Waals surface area contributed by atoms with E-state index in [0.717, 1.165) is 27.9 Å². The van der Waals surface area contributed by atoms with Crippen LogP contribution in [0.25, 0.3) is 16.5 Å². The van der Waals surface area contributed by atoms with Crippen LogP contribution in [0, 0.1) is 6.92 Å². The minimum absolute atomic E-state index is 0.117. The maximum absolute atomic E-state index is 13.7. The molecule has 4 aromatic rings. The van der Waals surface area contributed by atoms with Crippen molar-refractivity contribution in [1.29, 1.82) is 0 Å². The van der Waals surface area contributed by atoms with Gasteiger partial charge in [-0.25, -0.2) is 19.4 Å². The number of nitrogens with one attached hydrogen (secondary N) is 2. The number of hydrogen-bond acceptors (Lipinski definition) is 5. The summed E-state index contributed by atoms with van der Waals surface area (Å²) in [6.45, 7) is 11.6. The molecule has 1 fully saturated rings. The fourth-order valence-corrected chi connectivity index (χ4v) is 4.83. The Morgan fingerprint density at radius 1 is 1.03 bits per heavy atom. The largest absolute Gasteiger partial charge is 0.487 e. The molecule has 1 aliphatic heterocycles. The van der Waals surface area contributed by atoms with Gasteiger partial charge >= 0.3 is 6.03 Å². The number of aromatic nitrogens is 2. The van der Waals surface area contributed by atoms with Crippen molar-refractivity contribution in [3.05, 3.63) is 84.1 Å². The van der Waals surface area contributed by atoms with Crippen molar-refractivity contribution in [1.82, 2.24) is 15.2 Å². The molecule has 2 N–H and O–H groups in total. The van der Waals surface area contributed by atoms with E-state index >= 15 is 0 Å². The van der Waals surface area contributed by atoms with E-state index in [9.17, 15) is 4.79 Å². The second-order valence-corrected chi connectivity index (χ2v) is 11.2. The van der Waals surface area contributed by atoms with Gasteiger partial charge in [0.15, 0.2) is 0 Å². The Kier molecular flexibility index (Phi) is 7.59. The van der Waals surface area contributed by atoms with Crippen LogP contribution in [0.3, 0.4) is 0 Å². The molecular formula is C31H38N5O3+. The van der Waals surface area contributed by atoms with E-state index in [2.05, 4.69) is 68.9 Å². The number of carbonyl (C=O) groups excluding carboxylic acids is 1. The second kappa shape index (κ2) is 11.1. The number of benzene rings is 3. The average molecular weight is 529 g/mol. The molecule has 1 aromatic heterocycles. The number of hydrazine groups is 1. The van der Waals surface area contributed by atoms with E-state index in [1.807, 2.05) is 47.1 Å². The predicted molar refractivity (Wildman–Crippen MR) is 154 cm³/mol. The minimum Gasteiger partial charge on any atom is -0.487 e. The molecule has 0 radical (unpaired) electrons.